The second-order valence-corrected chi connectivity index (χ2v) is 12.6. The van der Waals surface area contributed by atoms with Gasteiger partial charge in [0.15, 0.2) is 5.78 Å². The Hall–Kier alpha value is -0.530. The van der Waals surface area contributed by atoms with Crippen LogP contribution in [0.4, 0.5) is 0 Å². The molecule has 6 nitrogen and oxygen atoms in total. The van der Waals surface area contributed by atoms with Crippen LogP contribution >= 0.6 is 0 Å². The van der Waals surface area contributed by atoms with Crippen molar-refractivity contribution in [1.29, 1.82) is 0 Å². The van der Waals surface area contributed by atoms with Gasteiger partial charge in [-0.1, -0.05) is 13.8 Å². The summed E-state index contributed by atoms with van der Waals surface area (Å²) in [4.78, 5) is 18.7. The average Bonchev–Trinajstić information content (AvgIpc) is 3.11. The van der Waals surface area contributed by atoms with Crippen LogP contribution in [0.1, 0.15) is 58.8 Å². The van der Waals surface area contributed by atoms with Crippen molar-refractivity contribution >= 4 is 5.78 Å². The van der Waals surface area contributed by atoms with E-state index in [0.717, 1.165) is 78.3 Å². The maximum absolute atomic E-state index is 13.8. The Bertz CT molecular complexity index is 750. The van der Waals surface area contributed by atoms with Crippen LogP contribution in [0.2, 0.25) is 0 Å². The fraction of sp³-hybridized carbons (Fsp3) is 0.963. The molecular formula is C27H44N2O4. The maximum atomic E-state index is 13.8. The monoisotopic (exact) mass is 460 g/mol. The van der Waals surface area contributed by atoms with Crippen LogP contribution in [-0.4, -0.2) is 91.5 Å². The first-order chi connectivity index (χ1) is 15.9. The fourth-order valence-corrected chi connectivity index (χ4v) is 9.55. The lowest BCUT2D eigenvalue weighted by molar-refractivity contribution is -0.156. The summed E-state index contributed by atoms with van der Waals surface area (Å²) >= 11 is 0. The highest BCUT2D eigenvalue weighted by molar-refractivity contribution is 5.92. The largest absolute Gasteiger partial charge is 0.391 e. The van der Waals surface area contributed by atoms with Crippen molar-refractivity contribution in [3.05, 3.63) is 0 Å². The van der Waals surface area contributed by atoms with Gasteiger partial charge in [-0.25, -0.2) is 0 Å². The van der Waals surface area contributed by atoms with E-state index in [9.17, 15) is 9.90 Å². The predicted octanol–water partition coefficient (Wildman–Crippen LogP) is 2.58. The van der Waals surface area contributed by atoms with E-state index in [1.54, 1.807) is 0 Å². The van der Waals surface area contributed by atoms with Crippen molar-refractivity contribution in [2.75, 3.05) is 52.6 Å². The molecule has 9 atom stereocenters. The second kappa shape index (κ2) is 8.55. The molecule has 4 aliphatic carbocycles. The number of aliphatic hydroxyl groups is 1. The van der Waals surface area contributed by atoms with Crippen LogP contribution in [0, 0.1) is 34.5 Å². The standard InChI is InChI=1S/C27H44N2O4/c1-26-6-5-20-19(21(26)16-22(25(26)31)28-7-11-32-12-8-28)4-3-18-15-24(30)23(17-27(18,20)2)29-9-13-33-14-10-29/h18-24,30H,3-17H2,1-2H3/t18-,19+,20-,21-,22-,23-,24-,26-,27-/m0/s1. The van der Waals surface area contributed by atoms with Gasteiger partial charge in [-0.15, -0.1) is 0 Å². The summed E-state index contributed by atoms with van der Waals surface area (Å²) in [5, 5.41) is 11.1. The zero-order valence-electron chi connectivity index (χ0n) is 20.7. The van der Waals surface area contributed by atoms with Crippen molar-refractivity contribution in [3.63, 3.8) is 0 Å². The molecule has 2 aliphatic heterocycles. The summed E-state index contributed by atoms with van der Waals surface area (Å²) in [5.41, 5.74) is 0.150. The number of Topliss-reactive ketones (excluding diaryl/α,β-unsaturated/α-hetero) is 1. The number of carbonyl (C=O) groups is 1. The van der Waals surface area contributed by atoms with E-state index in [1.807, 2.05) is 0 Å². The molecule has 1 N–H and O–H groups in total. The molecule has 33 heavy (non-hydrogen) atoms. The normalized spacial score (nSPS) is 51.6. The number of ether oxygens (including phenoxy) is 2. The summed E-state index contributed by atoms with van der Waals surface area (Å²) in [5.74, 6) is 3.05. The van der Waals surface area contributed by atoms with E-state index in [1.165, 1.54) is 19.3 Å². The van der Waals surface area contributed by atoms with Gasteiger partial charge in [-0.2, -0.15) is 0 Å². The summed E-state index contributed by atoms with van der Waals surface area (Å²) in [6.45, 7) is 11.7. The molecule has 2 heterocycles. The molecule has 6 heteroatoms. The number of ketones is 1. The zero-order valence-corrected chi connectivity index (χ0v) is 20.7. The van der Waals surface area contributed by atoms with Gasteiger partial charge in [0.25, 0.3) is 0 Å². The summed E-state index contributed by atoms with van der Waals surface area (Å²) in [6.07, 6.45) is 7.67. The van der Waals surface area contributed by atoms with Crippen molar-refractivity contribution in [2.24, 2.45) is 34.5 Å². The van der Waals surface area contributed by atoms with Gasteiger partial charge >= 0.3 is 0 Å². The van der Waals surface area contributed by atoms with Crippen molar-refractivity contribution < 1.29 is 19.4 Å². The summed E-state index contributed by atoms with van der Waals surface area (Å²) in [6, 6.07) is 0.385. The summed E-state index contributed by atoms with van der Waals surface area (Å²) in [7, 11) is 0. The first-order valence-corrected chi connectivity index (χ1v) is 13.8. The van der Waals surface area contributed by atoms with Gasteiger partial charge in [-0.05, 0) is 74.0 Å². The molecule has 0 aromatic rings. The van der Waals surface area contributed by atoms with Gasteiger partial charge in [0.1, 0.15) is 0 Å². The number of morpholine rings is 2. The third-order valence-corrected chi connectivity index (χ3v) is 11.4. The van der Waals surface area contributed by atoms with E-state index < -0.39 is 0 Å². The minimum Gasteiger partial charge on any atom is -0.391 e. The second-order valence-electron chi connectivity index (χ2n) is 12.6. The lowest BCUT2D eigenvalue weighted by Gasteiger charge is -2.62. The highest BCUT2D eigenvalue weighted by Crippen LogP contribution is 2.66. The molecule has 0 aromatic heterocycles. The Balaban J connectivity index is 1.24. The van der Waals surface area contributed by atoms with Crippen LogP contribution in [-0.2, 0) is 14.3 Å². The molecule has 0 amide bonds. The molecule has 0 radical (unpaired) electrons. The van der Waals surface area contributed by atoms with E-state index in [-0.39, 0.29) is 29.0 Å². The van der Waals surface area contributed by atoms with E-state index >= 15 is 0 Å². The smallest absolute Gasteiger partial charge is 0.156 e. The number of hydrogen-bond donors (Lipinski definition) is 1. The minimum absolute atomic E-state index is 0.113. The third kappa shape index (κ3) is 3.57. The van der Waals surface area contributed by atoms with Crippen molar-refractivity contribution in [1.82, 2.24) is 9.80 Å². The highest BCUT2D eigenvalue weighted by Gasteiger charge is 2.63. The molecule has 4 saturated carbocycles. The third-order valence-electron chi connectivity index (χ3n) is 11.4. The average molecular weight is 461 g/mol. The maximum Gasteiger partial charge on any atom is 0.156 e. The first kappa shape index (κ1) is 22.9. The summed E-state index contributed by atoms with van der Waals surface area (Å²) < 4.78 is 11.2. The molecule has 0 spiro atoms. The molecule has 6 aliphatic rings. The highest BCUT2D eigenvalue weighted by atomic mass is 16.5. The molecule has 0 unspecified atom stereocenters. The van der Waals surface area contributed by atoms with Gasteiger partial charge in [-0.3, -0.25) is 14.6 Å². The Labute approximate surface area is 199 Å². The number of rotatable bonds is 2. The molecule has 2 saturated heterocycles. The van der Waals surface area contributed by atoms with Crippen molar-refractivity contribution in [3.8, 4) is 0 Å². The van der Waals surface area contributed by atoms with E-state index in [0.29, 0.717) is 29.5 Å². The van der Waals surface area contributed by atoms with Crippen LogP contribution in [0.3, 0.4) is 0 Å². The van der Waals surface area contributed by atoms with Crippen molar-refractivity contribution in [2.45, 2.75) is 77.0 Å². The number of fused-ring (bicyclic) bond motifs is 5. The van der Waals surface area contributed by atoms with Crippen LogP contribution < -0.4 is 0 Å². The van der Waals surface area contributed by atoms with Gasteiger partial charge in [0, 0.05) is 37.6 Å². The Morgan fingerprint density at radius 1 is 0.879 bits per heavy atom. The Morgan fingerprint density at radius 2 is 1.55 bits per heavy atom. The van der Waals surface area contributed by atoms with Crippen LogP contribution in [0.5, 0.6) is 0 Å². The van der Waals surface area contributed by atoms with E-state index in [2.05, 4.69) is 23.6 Å². The fourth-order valence-electron chi connectivity index (χ4n) is 9.55. The predicted molar refractivity (Wildman–Crippen MR) is 126 cm³/mol. The lowest BCUT2D eigenvalue weighted by atomic mass is 9.44. The van der Waals surface area contributed by atoms with E-state index in [4.69, 9.17) is 9.47 Å². The zero-order chi connectivity index (χ0) is 22.8. The molecule has 0 aromatic carbocycles. The van der Waals surface area contributed by atoms with Gasteiger partial charge in [0.05, 0.1) is 38.6 Å². The molecule has 0 bridgehead atoms. The molecular weight excluding hydrogens is 416 g/mol. The number of carbonyl (C=O) groups excluding carboxylic acids is 1. The Morgan fingerprint density at radius 3 is 2.24 bits per heavy atom. The molecule has 6 rings (SSSR count). The topological polar surface area (TPSA) is 62.2 Å². The number of nitrogens with zero attached hydrogens (tertiary/aromatic N) is 2. The van der Waals surface area contributed by atoms with Gasteiger partial charge in [0.2, 0.25) is 0 Å². The van der Waals surface area contributed by atoms with Crippen LogP contribution in [0.15, 0.2) is 0 Å². The van der Waals surface area contributed by atoms with Gasteiger partial charge < -0.3 is 14.6 Å². The quantitative estimate of drug-likeness (QED) is 0.684. The molecule has 186 valence electrons. The molecule has 6 fully saturated rings. The SMILES string of the molecule is C[C@]12C[C@H](N3CCOCC3)[C@@H](O)C[C@@H]1CC[C@@H]1[C@@H]2CC[C@]2(C)C(=O)[C@@H](N3CCOCC3)C[C@@H]12. The van der Waals surface area contributed by atoms with Crippen LogP contribution in [0.25, 0.3) is 0 Å². The number of aliphatic hydroxyl groups excluding tert-OH is 1. The Kier molecular flexibility index (Phi) is 5.93. The lowest BCUT2D eigenvalue weighted by Crippen LogP contribution is -2.60. The minimum atomic E-state index is -0.203. The number of hydrogen-bond acceptors (Lipinski definition) is 6. The first-order valence-electron chi connectivity index (χ1n) is 13.8.